The fourth-order valence-corrected chi connectivity index (χ4v) is 2.58. The SMILES string of the molecule is CC(=O)N[C@@H]1[C@@H](Oc2ccc(I)cc2)O[C@@H](CO)[C@@H](O)[C@H]1O. The third-order valence-electron chi connectivity index (χ3n) is 3.32. The van der Waals surface area contributed by atoms with Gasteiger partial charge in [0.1, 0.15) is 30.1 Å². The topological polar surface area (TPSA) is 108 Å². The molecule has 2 rings (SSSR count). The van der Waals surface area contributed by atoms with E-state index in [1.165, 1.54) is 6.92 Å². The molecule has 0 aliphatic carbocycles. The van der Waals surface area contributed by atoms with Crippen LogP contribution in [0.1, 0.15) is 6.92 Å². The predicted molar refractivity (Wildman–Crippen MR) is 85.2 cm³/mol. The molecule has 0 saturated carbocycles. The highest BCUT2D eigenvalue weighted by atomic mass is 127. The zero-order valence-electron chi connectivity index (χ0n) is 11.8. The molecule has 5 atom stereocenters. The summed E-state index contributed by atoms with van der Waals surface area (Å²) in [6.07, 6.45) is -4.66. The second-order valence-corrected chi connectivity index (χ2v) is 6.25. The Hall–Kier alpha value is -0.940. The summed E-state index contributed by atoms with van der Waals surface area (Å²) < 4.78 is 12.1. The average molecular weight is 423 g/mol. The van der Waals surface area contributed by atoms with Gasteiger partial charge in [-0.05, 0) is 46.9 Å². The van der Waals surface area contributed by atoms with Crippen molar-refractivity contribution in [3.63, 3.8) is 0 Å². The van der Waals surface area contributed by atoms with Crippen LogP contribution >= 0.6 is 22.6 Å². The van der Waals surface area contributed by atoms with Crippen molar-refractivity contribution in [2.75, 3.05) is 6.61 Å². The largest absolute Gasteiger partial charge is 0.463 e. The smallest absolute Gasteiger partial charge is 0.223 e. The summed E-state index contributed by atoms with van der Waals surface area (Å²) in [6.45, 7) is 0.816. The van der Waals surface area contributed by atoms with Gasteiger partial charge in [0, 0.05) is 10.5 Å². The maximum absolute atomic E-state index is 11.3. The predicted octanol–water partition coefficient (Wildman–Crippen LogP) is -0.386. The first kappa shape index (κ1) is 17.4. The summed E-state index contributed by atoms with van der Waals surface area (Å²) in [5.41, 5.74) is 0. The molecule has 1 amide bonds. The molecule has 1 aromatic carbocycles. The lowest BCUT2D eigenvalue weighted by atomic mass is 9.97. The van der Waals surface area contributed by atoms with Crippen LogP contribution in [0.3, 0.4) is 0 Å². The Morgan fingerprint density at radius 1 is 1.32 bits per heavy atom. The third-order valence-corrected chi connectivity index (χ3v) is 4.04. The number of halogens is 1. The monoisotopic (exact) mass is 423 g/mol. The van der Waals surface area contributed by atoms with Crippen molar-refractivity contribution >= 4 is 28.5 Å². The van der Waals surface area contributed by atoms with Crippen molar-refractivity contribution in [1.82, 2.24) is 5.32 Å². The van der Waals surface area contributed by atoms with E-state index in [4.69, 9.17) is 9.47 Å². The van der Waals surface area contributed by atoms with Crippen LogP contribution in [0.5, 0.6) is 5.75 Å². The number of aliphatic hydroxyl groups is 3. The summed E-state index contributed by atoms with van der Waals surface area (Å²) in [7, 11) is 0. The highest BCUT2D eigenvalue weighted by molar-refractivity contribution is 14.1. The van der Waals surface area contributed by atoms with Crippen LogP contribution in [-0.4, -0.2) is 58.5 Å². The Balaban J connectivity index is 2.18. The van der Waals surface area contributed by atoms with Crippen LogP contribution in [0.25, 0.3) is 0 Å². The van der Waals surface area contributed by atoms with Gasteiger partial charge in [0.15, 0.2) is 0 Å². The molecule has 122 valence electrons. The van der Waals surface area contributed by atoms with Crippen molar-refractivity contribution in [2.45, 2.75) is 37.6 Å². The molecule has 1 heterocycles. The summed E-state index contributed by atoms with van der Waals surface area (Å²) in [5, 5.41) is 31.8. The molecule has 1 saturated heterocycles. The van der Waals surface area contributed by atoms with Crippen LogP contribution in [0, 0.1) is 3.57 Å². The minimum atomic E-state index is -1.32. The van der Waals surface area contributed by atoms with E-state index < -0.39 is 43.2 Å². The van der Waals surface area contributed by atoms with Crippen LogP contribution in [0.2, 0.25) is 0 Å². The molecule has 1 aromatic rings. The fraction of sp³-hybridized carbons (Fsp3) is 0.500. The van der Waals surface area contributed by atoms with Gasteiger partial charge in [-0.15, -0.1) is 0 Å². The minimum absolute atomic E-state index is 0.390. The number of amides is 1. The molecule has 0 spiro atoms. The van der Waals surface area contributed by atoms with E-state index in [1.807, 2.05) is 12.1 Å². The highest BCUT2D eigenvalue weighted by Crippen LogP contribution is 2.24. The van der Waals surface area contributed by atoms with Gasteiger partial charge in [-0.25, -0.2) is 0 Å². The molecule has 0 aromatic heterocycles. The molecule has 1 aliphatic rings. The fourth-order valence-electron chi connectivity index (χ4n) is 2.22. The highest BCUT2D eigenvalue weighted by Gasteiger charge is 2.46. The van der Waals surface area contributed by atoms with Gasteiger partial charge >= 0.3 is 0 Å². The zero-order valence-corrected chi connectivity index (χ0v) is 14.0. The number of aliphatic hydroxyl groups excluding tert-OH is 3. The lowest BCUT2D eigenvalue weighted by Crippen LogP contribution is -2.65. The van der Waals surface area contributed by atoms with Crippen molar-refractivity contribution in [1.29, 1.82) is 0 Å². The Labute approximate surface area is 141 Å². The van der Waals surface area contributed by atoms with E-state index in [0.29, 0.717) is 5.75 Å². The summed E-state index contributed by atoms with van der Waals surface area (Å²) >= 11 is 2.15. The molecule has 1 fully saturated rings. The molecule has 8 heteroatoms. The Morgan fingerprint density at radius 3 is 2.50 bits per heavy atom. The third kappa shape index (κ3) is 4.07. The summed E-state index contributed by atoms with van der Waals surface area (Å²) in [5.74, 6) is 0.0968. The zero-order chi connectivity index (χ0) is 16.3. The standard InChI is InChI=1S/C14H18INO6/c1-7(18)16-11-13(20)12(19)10(6-17)22-14(11)21-9-4-2-8(15)3-5-9/h2-5,10-14,17,19-20H,6H2,1H3,(H,16,18)/t10-,11-,12+,13-,14-/m0/s1. The quantitative estimate of drug-likeness (QED) is 0.492. The lowest BCUT2D eigenvalue weighted by Gasteiger charge is -2.42. The van der Waals surface area contributed by atoms with Crippen molar-refractivity contribution < 1.29 is 29.6 Å². The molecule has 0 bridgehead atoms. The number of benzene rings is 1. The Bertz CT molecular complexity index is 511. The van der Waals surface area contributed by atoms with Gasteiger partial charge in [0.05, 0.1) is 6.61 Å². The summed E-state index contributed by atoms with van der Waals surface area (Å²) in [4.78, 5) is 11.3. The lowest BCUT2D eigenvalue weighted by molar-refractivity contribution is -0.244. The number of nitrogens with one attached hydrogen (secondary N) is 1. The van der Waals surface area contributed by atoms with E-state index >= 15 is 0 Å². The normalized spacial score (nSPS) is 31.6. The number of carbonyl (C=O) groups is 1. The van der Waals surface area contributed by atoms with Crippen molar-refractivity contribution in [3.8, 4) is 5.75 Å². The first-order chi connectivity index (χ1) is 10.4. The number of carbonyl (C=O) groups excluding carboxylic acids is 1. The Kier molecular flexibility index (Phi) is 5.98. The summed E-state index contributed by atoms with van der Waals surface area (Å²) in [6, 6.07) is 6.17. The molecule has 1 aliphatic heterocycles. The van der Waals surface area contributed by atoms with E-state index in [1.54, 1.807) is 12.1 Å². The van der Waals surface area contributed by atoms with Crippen LogP contribution < -0.4 is 10.1 Å². The molecular formula is C14H18INO6. The molecule has 0 radical (unpaired) electrons. The molecule has 7 nitrogen and oxygen atoms in total. The van der Waals surface area contributed by atoms with Crippen molar-refractivity contribution in [3.05, 3.63) is 27.8 Å². The van der Waals surface area contributed by atoms with Crippen LogP contribution in [-0.2, 0) is 9.53 Å². The van der Waals surface area contributed by atoms with E-state index in [9.17, 15) is 20.1 Å². The molecular weight excluding hydrogens is 405 g/mol. The maximum Gasteiger partial charge on any atom is 0.223 e. The van der Waals surface area contributed by atoms with Crippen molar-refractivity contribution in [2.24, 2.45) is 0 Å². The first-order valence-corrected chi connectivity index (χ1v) is 7.82. The average Bonchev–Trinajstić information content (AvgIpc) is 2.48. The van der Waals surface area contributed by atoms with E-state index in [2.05, 4.69) is 27.9 Å². The second-order valence-electron chi connectivity index (χ2n) is 5.00. The van der Waals surface area contributed by atoms with Crippen LogP contribution in [0.4, 0.5) is 0 Å². The molecule has 22 heavy (non-hydrogen) atoms. The van der Waals surface area contributed by atoms with Crippen LogP contribution in [0.15, 0.2) is 24.3 Å². The number of ether oxygens (including phenoxy) is 2. The molecule has 0 unspecified atom stereocenters. The number of rotatable bonds is 4. The van der Waals surface area contributed by atoms with Gasteiger partial charge in [0.25, 0.3) is 0 Å². The van der Waals surface area contributed by atoms with E-state index in [-0.39, 0.29) is 0 Å². The number of hydrogen-bond acceptors (Lipinski definition) is 6. The Morgan fingerprint density at radius 2 is 1.95 bits per heavy atom. The number of hydrogen-bond donors (Lipinski definition) is 4. The van der Waals surface area contributed by atoms with Gasteiger partial charge < -0.3 is 30.1 Å². The maximum atomic E-state index is 11.3. The van der Waals surface area contributed by atoms with Gasteiger partial charge in [-0.1, -0.05) is 0 Å². The first-order valence-electron chi connectivity index (χ1n) is 6.74. The minimum Gasteiger partial charge on any atom is -0.463 e. The molecule has 4 N–H and O–H groups in total. The van der Waals surface area contributed by atoms with E-state index in [0.717, 1.165) is 3.57 Å². The van der Waals surface area contributed by atoms with Gasteiger partial charge in [-0.3, -0.25) is 4.79 Å². The van der Waals surface area contributed by atoms with Gasteiger partial charge in [-0.2, -0.15) is 0 Å². The van der Waals surface area contributed by atoms with Gasteiger partial charge in [0.2, 0.25) is 12.2 Å². The second kappa shape index (κ2) is 7.55.